The van der Waals surface area contributed by atoms with Crippen molar-refractivity contribution in [2.75, 3.05) is 11.9 Å². The van der Waals surface area contributed by atoms with Gasteiger partial charge in [0.2, 0.25) is 0 Å². The molecule has 1 saturated heterocycles. The second-order valence-electron chi connectivity index (χ2n) is 4.51. The molecule has 1 unspecified atom stereocenters. The van der Waals surface area contributed by atoms with Crippen LogP contribution in [-0.2, 0) is 9.53 Å². The number of halogens is 1. The lowest BCUT2D eigenvalue weighted by Crippen LogP contribution is -2.27. The van der Waals surface area contributed by atoms with Gasteiger partial charge in [-0.15, -0.1) is 0 Å². The third-order valence-corrected chi connectivity index (χ3v) is 3.58. The number of ether oxygens (including phenoxy) is 1. The number of pyridine rings is 1. The van der Waals surface area contributed by atoms with E-state index in [2.05, 4.69) is 26.2 Å². The van der Waals surface area contributed by atoms with Crippen LogP contribution in [0, 0.1) is 0 Å². The van der Waals surface area contributed by atoms with Crippen molar-refractivity contribution in [2.45, 2.75) is 18.9 Å². The molecule has 2 aromatic rings. The Hall–Kier alpha value is -1.46. The Morgan fingerprint density at radius 1 is 1.42 bits per heavy atom. The van der Waals surface area contributed by atoms with E-state index in [1.165, 1.54) is 0 Å². The molecule has 0 saturated carbocycles. The average molecular weight is 321 g/mol. The van der Waals surface area contributed by atoms with E-state index < -0.39 is 0 Å². The number of carbonyl (C=O) groups excluding carboxylic acids is 1. The van der Waals surface area contributed by atoms with Gasteiger partial charge in [-0.25, -0.2) is 4.98 Å². The molecule has 1 amide bonds. The molecule has 1 aromatic carbocycles. The van der Waals surface area contributed by atoms with E-state index >= 15 is 0 Å². The maximum absolute atomic E-state index is 12.1. The Morgan fingerprint density at radius 3 is 3.05 bits per heavy atom. The predicted octanol–water partition coefficient (Wildman–Crippen LogP) is 3.11. The molecule has 0 spiro atoms. The van der Waals surface area contributed by atoms with Crippen LogP contribution in [0.5, 0.6) is 0 Å². The van der Waals surface area contributed by atoms with Crippen LogP contribution in [0.25, 0.3) is 10.8 Å². The number of hydrogen-bond acceptors (Lipinski definition) is 3. The number of nitrogens with zero attached hydrogens (tertiary/aromatic N) is 1. The number of fused-ring (bicyclic) bond motifs is 1. The van der Waals surface area contributed by atoms with E-state index in [4.69, 9.17) is 4.74 Å². The maximum atomic E-state index is 12.1. The minimum absolute atomic E-state index is 0.117. The predicted molar refractivity (Wildman–Crippen MR) is 77.0 cm³/mol. The smallest absolute Gasteiger partial charge is 0.254 e. The number of anilines is 1. The lowest BCUT2D eigenvalue weighted by Gasteiger charge is -2.12. The average Bonchev–Trinajstić information content (AvgIpc) is 2.92. The number of carbonyl (C=O) groups is 1. The highest BCUT2D eigenvalue weighted by Gasteiger charge is 2.24. The number of amides is 1. The van der Waals surface area contributed by atoms with Crippen LogP contribution in [0.4, 0.5) is 5.82 Å². The van der Waals surface area contributed by atoms with E-state index in [-0.39, 0.29) is 12.0 Å². The number of benzene rings is 1. The Labute approximate surface area is 119 Å². The quantitative estimate of drug-likeness (QED) is 0.865. The van der Waals surface area contributed by atoms with E-state index in [0.29, 0.717) is 17.0 Å². The molecule has 98 valence electrons. The van der Waals surface area contributed by atoms with Gasteiger partial charge in [-0.2, -0.15) is 0 Å². The molecule has 1 aliphatic rings. The van der Waals surface area contributed by atoms with Crippen LogP contribution in [0.15, 0.2) is 34.9 Å². The SMILES string of the molecule is O=C(Nc1nc(Br)cc2ccccc12)C1CCCO1. The highest BCUT2D eigenvalue weighted by molar-refractivity contribution is 9.10. The fraction of sp³-hybridized carbons (Fsp3) is 0.286. The van der Waals surface area contributed by atoms with Crippen LogP contribution in [0.2, 0.25) is 0 Å². The van der Waals surface area contributed by atoms with Crippen molar-refractivity contribution in [1.29, 1.82) is 0 Å². The third kappa shape index (κ3) is 2.62. The normalized spacial score (nSPS) is 18.7. The van der Waals surface area contributed by atoms with Gasteiger partial charge in [0.1, 0.15) is 16.5 Å². The van der Waals surface area contributed by atoms with Crippen LogP contribution < -0.4 is 5.32 Å². The van der Waals surface area contributed by atoms with Crippen molar-refractivity contribution in [3.05, 3.63) is 34.9 Å². The molecule has 19 heavy (non-hydrogen) atoms. The van der Waals surface area contributed by atoms with Crippen molar-refractivity contribution in [2.24, 2.45) is 0 Å². The summed E-state index contributed by atoms with van der Waals surface area (Å²) in [5.74, 6) is 0.457. The minimum atomic E-state index is -0.348. The van der Waals surface area contributed by atoms with Crippen molar-refractivity contribution in [3.63, 3.8) is 0 Å². The topological polar surface area (TPSA) is 51.2 Å². The molecule has 5 heteroatoms. The first-order valence-electron chi connectivity index (χ1n) is 6.22. The van der Waals surface area contributed by atoms with Crippen molar-refractivity contribution in [3.8, 4) is 0 Å². The first-order chi connectivity index (χ1) is 9.24. The molecule has 4 nitrogen and oxygen atoms in total. The molecule has 1 fully saturated rings. The van der Waals surface area contributed by atoms with Crippen molar-refractivity contribution >= 4 is 38.4 Å². The van der Waals surface area contributed by atoms with Gasteiger partial charge < -0.3 is 10.1 Å². The molecule has 2 heterocycles. The van der Waals surface area contributed by atoms with Crippen LogP contribution in [-0.4, -0.2) is 23.6 Å². The van der Waals surface area contributed by atoms with Crippen LogP contribution in [0.3, 0.4) is 0 Å². The minimum Gasteiger partial charge on any atom is -0.368 e. The van der Waals surface area contributed by atoms with Gasteiger partial charge in [0.05, 0.1) is 0 Å². The summed E-state index contributed by atoms with van der Waals surface area (Å²) in [7, 11) is 0. The second-order valence-corrected chi connectivity index (χ2v) is 5.32. The summed E-state index contributed by atoms with van der Waals surface area (Å²) in [6.07, 6.45) is 1.36. The fourth-order valence-corrected chi connectivity index (χ4v) is 2.67. The molecular weight excluding hydrogens is 308 g/mol. The van der Waals surface area contributed by atoms with E-state index in [0.717, 1.165) is 23.6 Å². The lowest BCUT2D eigenvalue weighted by molar-refractivity contribution is -0.124. The maximum Gasteiger partial charge on any atom is 0.254 e. The molecule has 1 atom stereocenters. The summed E-state index contributed by atoms with van der Waals surface area (Å²) in [6, 6.07) is 9.75. The van der Waals surface area contributed by atoms with Crippen molar-refractivity contribution < 1.29 is 9.53 Å². The van der Waals surface area contributed by atoms with Crippen LogP contribution >= 0.6 is 15.9 Å². The van der Waals surface area contributed by atoms with Crippen LogP contribution in [0.1, 0.15) is 12.8 Å². The molecule has 1 aliphatic heterocycles. The van der Waals surface area contributed by atoms with Gasteiger partial charge in [-0.3, -0.25) is 4.79 Å². The molecule has 1 aromatic heterocycles. The fourth-order valence-electron chi connectivity index (χ4n) is 2.24. The summed E-state index contributed by atoms with van der Waals surface area (Å²) in [5.41, 5.74) is 0. The molecular formula is C14H13BrN2O2. The summed E-state index contributed by atoms with van der Waals surface area (Å²) in [4.78, 5) is 16.4. The number of rotatable bonds is 2. The summed E-state index contributed by atoms with van der Waals surface area (Å²) >= 11 is 3.36. The molecule has 3 rings (SSSR count). The standard InChI is InChI=1S/C14H13BrN2O2/c15-12-8-9-4-1-2-5-10(9)13(16-12)17-14(18)11-6-3-7-19-11/h1-2,4-5,8,11H,3,6-7H2,(H,16,17,18). The van der Waals surface area contributed by atoms with Gasteiger partial charge >= 0.3 is 0 Å². The zero-order chi connectivity index (χ0) is 13.2. The van der Waals surface area contributed by atoms with Gasteiger partial charge in [0.25, 0.3) is 5.91 Å². The Balaban J connectivity index is 1.93. The van der Waals surface area contributed by atoms with Gasteiger partial charge in [0.15, 0.2) is 0 Å². The first-order valence-corrected chi connectivity index (χ1v) is 7.01. The summed E-state index contributed by atoms with van der Waals surface area (Å²) in [5, 5.41) is 4.82. The zero-order valence-electron chi connectivity index (χ0n) is 10.2. The number of nitrogens with one attached hydrogen (secondary N) is 1. The highest BCUT2D eigenvalue weighted by atomic mass is 79.9. The van der Waals surface area contributed by atoms with E-state index in [1.54, 1.807) is 0 Å². The lowest BCUT2D eigenvalue weighted by atomic mass is 10.1. The molecule has 1 N–H and O–H groups in total. The van der Waals surface area contributed by atoms with Gasteiger partial charge in [-0.1, -0.05) is 24.3 Å². The van der Waals surface area contributed by atoms with E-state index in [1.807, 2.05) is 30.3 Å². The number of aromatic nitrogens is 1. The summed E-state index contributed by atoms with van der Waals surface area (Å²) in [6.45, 7) is 0.657. The third-order valence-electron chi connectivity index (χ3n) is 3.17. The Bertz CT molecular complexity index is 624. The Kier molecular flexibility index (Phi) is 3.48. The zero-order valence-corrected chi connectivity index (χ0v) is 11.8. The van der Waals surface area contributed by atoms with Gasteiger partial charge in [-0.05, 0) is 40.2 Å². The van der Waals surface area contributed by atoms with E-state index in [9.17, 15) is 4.79 Å². The Morgan fingerprint density at radius 2 is 2.26 bits per heavy atom. The molecule has 0 aliphatic carbocycles. The largest absolute Gasteiger partial charge is 0.368 e. The molecule has 0 bridgehead atoms. The van der Waals surface area contributed by atoms with Crippen molar-refractivity contribution in [1.82, 2.24) is 4.98 Å². The number of hydrogen-bond donors (Lipinski definition) is 1. The second kappa shape index (κ2) is 5.27. The van der Waals surface area contributed by atoms with Gasteiger partial charge in [0, 0.05) is 12.0 Å². The first kappa shape index (κ1) is 12.6. The summed E-state index contributed by atoms with van der Waals surface area (Å²) < 4.78 is 6.08. The molecule has 0 radical (unpaired) electrons. The monoisotopic (exact) mass is 320 g/mol. The highest BCUT2D eigenvalue weighted by Crippen LogP contribution is 2.25.